The number of unbranched alkanes of at least 4 members (excludes halogenated alkanes) is 16. The molecule has 0 bridgehead atoms. The molecule has 0 aromatic rings. The van der Waals surface area contributed by atoms with Crippen LogP contribution in [0.15, 0.2) is 60.8 Å². The minimum atomic E-state index is -5.13. The highest BCUT2D eigenvalue weighted by atomic mass is 32.3. The van der Waals surface area contributed by atoms with Crippen LogP contribution >= 0.6 is 0 Å². The summed E-state index contributed by atoms with van der Waals surface area (Å²) >= 11 is 0. The summed E-state index contributed by atoms with van der Waals surface area (Å²) in [6, 6.07) is -1.17. The Morgan fingerprint density at radius 2 is 1.19 bits per heavy atom. The molecule has 7 N–H and O–H groups in total. The second-order valence-electron chi connectivity index (χ2n) is 15.4. The third-order valence-electron chi connectivity index (χ3n) is 10.1. The van der Waals surface area contributed by atoms with Gasteiger partial charge in [-0.25, -0.2) is 4.18 Å². The number of hydrogen-bond donors (Lipinski definition) is 7. The minimum absolute atomic E-state index is 0.0210. The molecule has 59 heavy (non-hydrogen) atoms. The molecule has 0 spiro atoms. The lowest BCUT2D eigenvalue weighted by Crippen LogP contribution is -2.61. The van der Waals surface area contributed by atoms with Crippen molar-refractivity contribution in [2.45, 2.75) is 204 Å². The van der Waals surface area contributed by atoms with Crippen LogP contribution in [0.2, 0.25) is 0 Å². The Labute approximate surface area is 355 Å². The van der Waals surface area contributed by atoms with Crippen LogP contribution in [-0.2, 0) is 28.9 Å². The number of aliphatic hydroxyl groups excluding tert-OH is 5. The van der Waals surface area contributed by atoms with Crippen molar-refractivity contribution < 1.29 is 57.0 Å². The fourth-order valence-electron chi connectivity index (χ4n) is 6.53. The zero-order valence-electron chi connectivity index (χ0n) is 35.9. The van der Waals surface area contributed by atoms with Gasteiger partial charge in [0.25, 0.3) is 0 Å². The summed E-state index contributed by atoms with van der Waals surface area (Å²) in [6.07, 6.45) is 31.9. The van der Waals surface area contributed by atoms with E-state index >= 15 is 0 Å². The molecule has 0 aromatic heterocycles. The second-order valence-corrected chi connectivity index (χ2v) is 16.5. The smallest absolute Gasteiger partial charge is 0.394 e. The van der Waals surface area contributed by atoms with E-state index in [-0.39, 0.29) is 6.42 Å². The summed E-state index contributed by atoms with van der Waals surface area (Å²) in [5, 5.41) is 54.9. The van der Waals surface area contributed by atoms with E-state index in [9.17, 15) is 38.7 Å². The van der Waals surface area contributed by atoms with Crippen molar-refractivity contribution >= 4 is 16.3 Å². The van der Waals surface area contributed by atoms with E-state index in [1.54, 1.807) is 12.2 Å². The highest BCUT2D eigenvalue weighted by molar-refractivity contribution is 7.80. The lowest BCUT2D eigenvalue weighted by molar-refractivity contribution is -0.298. The number of carbonyl (C=O) groups is 1. The molecule has 0 aliphatic carbocycles. The Hall–Kier alpha value is -2.24. The van der Waals surface area contributed by atoms with Crippen LogP contribution in [0.5, 0.6) is 0 Å². The molecule has 342 valence electrons. The van der Waals surface area contributed by atoms with E-state index < -0.39 is 78.5 Å². The van der Waals surface area contributed by atoms with Gasteiger partial charge < -0.3 is 40.3 Å². The summed E-state index contributed by atoms with van der Waals surface area (Å²) in [5.74, 6) is -0.787. The van der Waals surface area contributed by atoms with Crippen molar-refractivity contribution in [3.63, 3.8) is 0 Å². The fraction of sp³-hybridized carbons (Fsp3) is 0.756. The molecule has 0 aromatic carbocycles. The van der Waals surface area contributed by atoms with Gasteiger partial charge in [0.15, 0.2) is 6.29 Å². The summed E-state index contributed by atoms with van der Waals surface area (Å²) in [4.78, 5) is 13.0. The van der Waals surface area contributed by atoms with Gasteiger partial charge in [-0.3, -0.25) is 9.35 Å². The first-order valence-electron chi connectivity index (χ1n) is 22.3. The van der Waals surface area contributed by atoms with Gasteiger partial charge >= 0.3 is 10.4 Å². The first kappa shape index (κ1) is 54.8. The zero-order valence-corrected chi connectivity index (χ0v) is 36.7. The number of carbonyl (C=O) groups excluding carboxylic acids is 1. The summed E-state index contributed by atoms with van der Waals surface area (Å²) < 4.78 is 47.4. The molecule has 13 nitrogen and oxygen atoms in total. The molecule has 0 radical (unpaired) electrons. The van der Waals surface area contributed by atoms with Crippen molar-refractivity contribution in [1.82, 2.24) is 5.32 Å². The van der Waals surface area contributed by atoms with E-state index in [4.69, 9.17) is 14.0 Å². The average Bonchev–Trinajstić information content (AvgIpc) is 3.20. The van der Waals surface area contributed by atoms with Crippen molar-refractivity contribution in [1.29, 1.82) is 0 Å². The third kappa shape index (κ3) is 28.1. The summed E-state index contributed by atoms with van der Waals surface area (Å²) in [5.41, 5.74) is 0. The number of rotatable bonds is 36. The van der Waals surface area contributed by atoms with E-state index in [1.165, 1.54) is 89.5 Å². The monoisotopic (exact) mass is 858 g/mol. The van der Waals surface area contributed by atoms with Gasteiger partial charge in [0, 0.05) is 6.42 Å². The standard InChI is InChI=1S/C45H79NO12S/c1-3-5-7-9-11-13-15-17-18-19-20-21-22-24-25-27-29-31-33-38(48)37(36-56-45-42(51)43(58-59(53,54)55)41(50)40(35-47)57-45)46-44(52)39(49)34-32-30-28-26-23-16-14-12-10-8-6-4-2/h19-20,23-26,30-33,37-43,45,47-51H,3-18,21-22,27-29,34-36H2,1-2H3,(H,46,52)(H,53,54,55)/b20-19+,25-24+,26-23-,32-30-,33-31+. The Bertz CT molecular complexity index is 1300. The van der Waals surface area contributed by atoms with Gasteiger partial charge in [0.1, 0.15) is 30.5 Å². The molecule has 1 amide bonds. The van der Waals surface area contributed by atoms with Crippen LogP contribution in [0.3, 0.4) is 0 Å². The molecule has 1 rings (SSSR count). The van der Waals surface area contributed by atoms with E-state index in [0.717, 1.165) is 38.5 Å². The van der Waals surface area contributed by atoms with Gasteiger partial charge in [-0.1, -0.05) is 152 Å². The van der Waals surface area contributed by atoms with E-state index in [1.807, 2.05) is 12.2 Å². The Balaban J connectivity index is 2.70. The lowest BCUT2D eigenvalue weighted by atomic mass is 9.99. The number of amides is 1. The van der Waals surface area contributed by atoms with Gasteiger partial charge in [-0.15, -0.1) is 0 Å². The highest BCUT2D eigenvalue weighted by Gasteiger charge is 2.48. The second kappa shape index (κ2) is 35.4. The quantitative estimate of drug-likeness (QED) is 0.0189. The van der Waals surface area contributed by atoms with Crippen LogP contribution in [-0.4, -0.2) is 107 Å². The molecule has 1 aliphatic rings. The van der Waals surface area contributed by atoms with Crippen molar-refractivity contribution in [2.75, 3.05) is 13.2 Å². The molecule has 1 heterocycles. The first-order valence-corrected chi connectivity index (χ1v) is 23.6. The number of aliphatic hydroxyl groups is 5. The number of hydrogen-bond acceptors (Lipinski definition) is 11. The topological polar surface area (TPSA) is 212 Å². The predicted molar refractivity (Wildman–Crippen MR) is 233 cm³/mol. The largest absolute Gasteiger partial charge is 0.397 e. The number of nitrogens with one attached hydrogen (secondary N) is 1. The number of ether oxygens (including phenoxy) is 2. The summed E-state index contributed by atoms with van der Waals surface area (Å²) in [7, 11) is -5.13. The van der Waals surface area contributed by atoms with Crippen LogP contribution in [0.1, 0.15) is 155 Å². The molecule has 0 saturated carbocycles. The van der Waals surface area contributed by atoms with Crippen molar-refractivity contribution in [3.8, 4) is 0 Å². The van der Waals surface area contributed by atoms with E-state index in [2.05, 4.69) is 53.7 Å². The molecule has 8 unspecified atom stereocenters. The third-order valence-corrected chi connectivity index (χ3v) is 10.6. The minimum Gasteiger partial charge on any atom is -0.394 e. The Kier molecular flexibility index (Phi) is 32.8. The van der Waals surface area contributed by atoms with Crippen molar-refractivity contribution in [3.05, 3.63) is 60.8 Å². The first-order chi connectivity index (χ1) is 28.4. The zero-order chi connectivity index (χ0) is 43.6. The number of allylic oxidation sites excluding steroid dienone is 8. The van der Waals surface area contributed by atoms with Crippen LogP contribution in [0.25, 0.3) is 0 Å². The maximum atomic E-state index is 13.0. The maximum absolute atomic E-state index is 13.0. The van der Waals surface area contributed by atoms with Crippen LogP contribution in [0.4, 0.5) is 0 Å². The molecule has 1 aliphatic heterocycles. The van der Waals surface area contributed by atoms with Gasteiger partial charge in [-0.2, -0.15) is 8.42 Å². The van der Waals surface area contributed by atoms with Crippen LogP contribution < -0.4 is 5.32 Å². The molecule has 8 atom stereocenters. The molecule has 1 fully saturated rings. The molecule has 1 saturated heterocycles. The Morgan fingerprint density at radius 3 is 1.73 bits per heavy atom. The molecular formula is C45H79NO12S. The lowest BCUT2D eigenvalue weighted by Gasteiger charge is -2.41. The fourth-order valence-corrected chi connectivity index (χ4v) is 7.04. The van der Waals surface area contributed by atoms with Crippen LogP contribution in [0, 0.1) is 0 Å². The van der Waals surface area contributed by atoms with Gasteiger partial charge in [-0.05, 0) is 57.8 Å². The molecule has 14 heteroatoms. The highest BCUT2D eigenvalue weighted by Crippen LogP contribution is 2.26. The predicted octanol–water partition coefficient (Wildman–Crippen LogP) is 7.24. The SMILES string of the molecule is CCCCCCCC/C=C\C/C=C\CC(O)C(=O)NC(COC1OC(CO)C(O)C(OS(=O)(=O)O)C1O)C(O)/C=C/CC/C=C/CC/C=C/CCCCCCCCCC. The van der Waals surface area contributed by atoms with Gasteiger partial charge in [0.2, 0.25) is 5.91 Å². The van der Waals surface area contributed by atoms with Gasteiger partial charge in [0.05, 0.1) is 25.4 Å². The normalized spacial score (nSPS) is 22.1. The van der Waals surface area contributed by atoms with Crippen molar-refractivity contribution in [2.24, 2.45) is 0 Å². The maximum Gasteiger partial charge on any atom is 0.397 e. The summed E-state index contributed by atoms with van der Waals surface area (Å²) in [6.45, 7) is 3.12. The van der Waals surface area contributed by atoms with E-state index in [0.29, 0.717) is 12.8 Å². The molecular weight excluding hydrogens is 779 g/mol. The average molecular weight is 858 g/mol. The Morgan fingerprint density at radius 1 is 0.695 bits per heavy atom.